The third-order valence-electron chi connectivity index (χ3n) is 2.57. The fourth-order valence-corrected chi connectivity index (χ4v) is 1.75. The van der Waals surface area contributed by atoms with Gasteiger partial charge in [0.05, 0.1) is 18.1 Å². The van der Waals surface area contributed by atoms with Crippen LogP contribution in [0.25, 0.3) is 0 Å². The minimum absolute atomic E-state index is 0.279. The number of thiocarbonyl (C=S) groups is 1. The van der Waals surface area contributed by atoms with Crippen molar-refractivity contribution in [3.05, 3.63) is 24.3 Å². The van der Waals surface area contributed by atoms with Crippen LogP contribution >= 0.6 is 12.2 Å². The normalized spacial score (nSPS) is 11.5. The van der Waals surface area contributed by atoms with Gasteiger partial charge in [0.15, 0.2) is 0 Å². The van der Waals surface area contributed by atoms with E-state index in [0.29, 0.717) is 10.7 Å². The maximum Gasteiger partial charge on any atom is 0.319 e. The summed E-state index contributed by atoms with van der Waals surface area (Å²) in [6.45, 7) is 2.01. The number of methoxy groups -OCH3 is 1. The molecule has 0 aliphatic rings. The quantitative estimate of drug-likeness (QED) is 0.699. The highest BCUT2D eigenvalue weighted by molar-refractivity contribution is 7.80. The highest BCUT2D eigenvalue weighted by Gasteiger charge is 2.13. The Morgan fingerprint density at radius 1 is 1.42 bits per heavy atom. The van der Waals surface area contributed by atoms with Crippen molar-refractivity contribution in [2.24, 2.45) is 5.73 Å². The molecule has 0 saturated heterocycles. The molecule has 0 fully saturated rings. The highest BCUT2D eigenvalue weighted by Crippen LogP contribution is 2.14. The van der Waals surface area contributed by atoms with Crippen LogP contribution in [-0.2, 0) is 0 Å². The molecule has 1 aromatic carbocycles. The average Bonchev–Trinajstić information content (AvgIpc) is 2.39. The molecule has 19 heavy (non-hydrogen) atoms. The number of anilines is 1. The summed E-state index contributed by atoms with van der Waals surface area (Å²) in [7, 11) is 1.59. The lowest BCUT2D eigenvalue weighted by molar-refractivity contribution is 0.250. The summed E-state index contributed by atoms with van der Waals surface area (Å²) in [6.07, 6.45) is 1.62. The van der Waals surface area contributed by atoms with Crippen LogP contribution < -0.4 is 21.1 Å². The van der Waals surface area contributed by atoms with Crippen LogP contribution in [0.3, 0.4) is 0 Å². The lowest BCUT2D eigenvalue weighted by atomic mass is 10.2. The molecule has 0 aliphatic carbocycles. The van der Waals surface area contributed by atoms with E-state index in [1.54, 1.807) is 31.4 Å². The summed E-state index contributed by atoms with van der Waals surface area (Å²) >= 11 is 4.92. The first-order valence-electron chi connectivity index (χ1n) is 6.07. The van der Waals surface area contributed by atoms with Crippen molar-refractivity contribution >= 4 is 28.9 Å². The Morgan fingerprint density at radius 3 is 2.53 bits per heavy atom. The van der Waals surface area contributed by atoms with Crippen LogP contribution in [0.5, 0.6) is 5.75 Å². The van der Waals surface area contributed by atoms with Gasteiger partial charge in [-0.25, -0.2) is 4.79 Å². The van der Waals surface area contributed by atoms with Gasteiger partial charge in [0.25, 0.3) is 0 Å². The largest absolute Gasteiger partial charge is 0.497 e. The Kier molecular flexibility index (Phi) is 6.08. The van der Waals surface area contributed by atoms with Crippen LogP contribution in [0.4, 0.5) is 10.5 Å². The molecule has 0 bridgehead atoms. The Balaban J connectivity index is 2.55. The van der Waals surface area contributed by atoms with Crippen LogP contribution in [0, 0.1) is 0 Å². The van der Waals surface area contributed by atoms with E-state index < -0.39 is 0 Å². The Hall–Kier alpha value is -1.82. The van der Waals surface area contributed by atoms with Crippen molar-refractivity contribution in [1.82, 2.24) is 5.32 Å². The van der Waals surface area contributed by atoms with Gasteiger partial charge < -0.3 is 21.1 Å². The molecule has 0 aliphatic heterocycles. The van der Waals surface area contributed by atoms with Gasteiger partial charge in [-0.15, -0.1) is 0 Å². The number of carbonyl (C=O) groups excluding carboxylic acids is 1. The zero-order valence-electron chi connectivity index (χ0n) is 11.1. The first-order valence-corrected chi connectivity index (χ1v) is 6.48. The molecule has 5 nitrogen and oxygen atoms in total. The number of carbonyl (C=O) groups is 1. The van der Waals surface area contributed by atoms with Gasteiger partial charge in [-0.2, -0.15) is 0 Å². The van der Waals surface area contributed by atoms with E-state index in [1.165, 1.54) is 0 Å². The van der Waals surface area contributed by atoms with Gasteiger partial charge in [0.2, 0.25) is 0 Å². The number of ether oxygens (including phenoxy) is 1. The number of hydrogen-bond donors (Lipinski definition) is 3. The zero-order chi connectivity index (χ0) is 14.3. The van der Waals surface area contributed by atoms with Crippen molar-refractivity contribution in [1.29, 1.82) is 0 Å². The van der Waals surface area contributed by atoms with E-state index in [0.717, 1.165) is 18.6 Å². The summed E-state index contributed by atoms with van der Waals surface area (Å²) < 4.78 is 5.04. The molecular formula is C13H19N3O2S. The van der Waals surface area contributed by atoms with Crippen molar-refractivity contribution in [2.75, 3.05) is 12.4 Å². The van der Waals surface area contributed by atoms with Gasteiger partial charge in [-0.1, -0.05) is 25.6 Å². The topological polar surface area (TPSA) is 76.4 Å². The molecule has 1 rings (SSSR count). The first kappa shape index (κ1) is 15.2. The van der Waals surface area contributed by atoms with E-state index in [9.17, 15) is 4.79 Å². The van der Waals surface area contributed by atoms with Crippen molar-refractivity contribution in [2.45, 2.75) is 25.8 Å². The number of rotatable bonds is 6. The number of nitrogens with one attached hydrogen (secondary N) is 2. The minimum atomic E-state index is -0.323. The second-order valence-corrected chi connectivity index (χ2v) is 4.54. The average molecular weight is 281 g/mol. The van der Waals surface area contributed by atoms with E-state index in [2.05, 4.69) is 10.6 Å². The van der Waals surface area contributed by atoms with Gasteiger partial charge in [0.1, 0.15) is 5.75 Å². The SMILES string of the molecule is CCCC(NC(=O)Nc1ccc(OC)cc1)C(N)=S. The third-order valence-corrected chi connectivity index (χ3v) is 2.86. The molecule has 0 saturated carbocycles. The zero-order valence-corrected chi connectivity index (χ0v) is 11.9. The van der Waals surface area contributed by atoms with E-state index in [1.807, 2.05) is 6.92 Å². The summed E-state index contributed by atoms with van der Waals surface area (Å²) in [4.78, 5) is 12.1. The summed E-state index contributed by atoms with van der Waals surface area (Å²) in [5, 5.41) is 5.46. The molecule has 1 atom stereocenters. The van der Waals surface area contributed by atoms with Gasteiger partial charge >= 0.3 is 6.03 Å². The standard InChI is InChI=1S/C13H19N3O2S/c1-3-4-11(12(14)19)16-13(17)15-9-5-7-10(18-2)8-6-9/h5-8,11H,3-4H2,1-2H3,(H2,14,19)(H2,15,16,17). The molecular weight excluding hydrogens is 262 g/mol. The molecule has 0 heterocycles. The van der Waals surface area contributed by atoms with Crippen LogP contribution in [0.15, 0.2) is 24.3 Å². The second-order valence-electron chi connectivity index (χ2n) is 4.07. The van der Waals surface area contributed by atoms with Gasteiger partial charge in [-0.05, 0) is 30.7 Å². The minimum Gasteiger partial charge on any atom is -0.497 e. The molecule has 4 N–H and O–H groups in total. The molecule has 1 aromatic rings. The van der Waals surface area contributed by atoms with Crippen LogP contribution in [0.2, 0.25) is 0 Å². The van der Waals surface area contributed by atoms with Gasteiger partial charge in [-0.3, -0.25) is 0 Å². The molecule has 0 aromatic heterocycles. The lowest BCUT2D eigenvalue weighted by Gasteiger charge is -2.17. The number of hydrogen-bond acceptors (Lipinski definition) is 3. The van der Waals surface area contributed by atoms with E-state index >= 15 is 0 Å². The smallest absolute Gasteiger partial charge is 0.319 e. The van der Waals surface area contributed by atoms with E-state index in [4.69, 9.17) is 22.7 Å². The monoisotopic (exact) mass is 281 g/mol. The number of benzene rings is 1. The predicted molar refractivity (Wildman–Crippen MR) is 80.6 cm³/mol. The summed E-state index contributed by atoms with van der Waals surface area (Å²) in [6, 6.07) is 6.45. The van der Waals surface area contributed by atoms with Crippen molar-refractivity contribution in [3.63, 3.8) is 0 Å². The molecule has 0 spiro atoms. The molecule has 104 valence electrons. The number of nitrogens with two attached hydrogens (primary N) is 1. The van der Waals surface area contributed by atoms with E-state index in [-0.39, 0.29) is 12.1 Å². The Bertz CT molecular complexity index is 434. The second kappa shape index (κ2) is 7.58. The Labute approximate surface area is 118 Å². The summed E-state index contributed by atoms with van der Waals surface area (Å²) in [5.74, 6) is 0.734. The van der Waals surface area contributed by atoms with Gasteiger partial charge in [0, 0.05) is 5.69 Å². The predicted octanol–water partition coefficient (Wildman–Crippen LogP) is 2.27. The molecule has 2 amide bonds. The molecule has 6 heteroatoms. The molecule has 0 radical (unpaired) electrons. The summed E-state index contributed by atoms with van der Waals surface area (Å²) in [5.41, 5.74) is 6.25. The fourth-order valence-electron chi connectivity index (χ4n) is 1.57. The Morgan fingerprint density at radius 2 is 2.05 bits per heavy atom. The maximum atomic E-state index is 11.8. The molecule has 1 unspecified atom stereocenters. The fraction of sp³-hybridized carbons (Fsp3) is 0.385. The first-order chi connectivity index (χ1) is 9.06. The van der Waals surface area contributed by atoms with Crippen molar-refractivity contribution < 1.29 is 9.53 Å². The van der Waals surface area contributed by atoms with Crippen molar-refractivity contribution in [3.8, 4) is 5.75 Å². The third kappa shape index (κ3) is 5.13. The number of amides is 2. The van der Waals surface area contributed by atoms with Crippen LogP contribution in [-0.4, -0.2) is 24.2 Å². The van der Waals surface area contributed by atoms with Crippen LogP contribution in [0.1, 0.15) is 19.8 Å². The highest BCUT2D eigenvalue weighted by atomic mass is 32.1. The lowest BCUT2D eigenvalue weighted by Crippen LogP contribution is -2.45. The number of urea groups is 1. The maximum absolute atomic E-state index is 11.8.